The third-order valence-electron chi connectivity index (χ3n) is 6.81. The first-order valence-electron chi connectivity index (χ1n) is 13.4. The first-order valence-corrected chi connectivity index (χ1v) is 13.4. The van der Waals surface area contributed by atoms with Gasteiger partial charge in [0.1, 0.15) is 6.04 Å². The number of amides is 1. The van der Waals surface area contributed by atoms with E-state index in [0.717, 1.165) is 40.8 Å². The molecule has 0 unspecified atom stereocenters. The highest BCUT2D eigenvalue weighted by molar-refractivity contribution is 5.82. The zero-order valence-electron chi connectivity index (χ0n) is 23.8. The zero-order chi connectivity index (χ0) is 28.7. The van der Waals surface area contributed by atoms with Gasteiger partial charge in [-0.15, -0.1) is 0 Å². The van der Waals surface area contributed by atoms with Gasteiger partial charge >= 0.3 is 5.97 Å². The molecular formula is C31H40N4O4. The number of pyridine rings is 2. The molecule has 2 heterocycles. The second-order valence-corrected chi connectivity index (χ2v) is 10.9. The van der Waals surface area contributed by atoms with Gasteiger partial charge < -0.3 is 19.9 Å². The second-order valence-electron chi connectivity index (χ2n) is 10.9. The molecule has 8 nitrogen and oxygen atoms in total. The molecule has 0 aliphatic carbocycles. The summed E-state index contributed by atoms with van der Waals surface area (Å²) in [6.45, 7) is 8.84. The lowest BCUT2D eigenvalue weighted by Crippen LogP contribution is -2.40. The smallest absolute Gasteiger partial charge is 0.305 e. The highest BCUT2D eigenvalue weighted by atomic mass is 16.4. The van der Waals surface area contributed by atoms with Gasteiger partial charge in [-0.25, -0.2) is 0 Å². The van der Waals surface area contributed by atoms with Crippen LogP contribution in [-0.4, -0.2) is 52.1 Å². The third-order valence-corrected chi connectivity index (χ3v) is 6.81. The summed E-state index contributed by atoms with van der Waals surface area (Å²) in [6.07, 6.45) is 5.96. The molecule has 2 atom stereocenters. The Balaban J connectivity index is 1.97. The van der Waals surface area contributed by atoms with Crippen molar-refractivity contribution in [1.82, 2.24) is 19.8 Å². The molecule has 0 saturated heterocycles. The van der Waals surface area contributed by atoms with Gasteiger partial charge in [0.2, 0.25) is 5.91 Å². The van der Waals surface area contributed by atoms with Gasteiger partial charge in [-0.2, -0.15) is 0 Å². The van der Waals surface area contributed by atoms with Crippen LogP contribution in [0.25, 0.3) is 11.1 Å². The summed E-state index contributed by atoms with van der Waals surface area (Å²) in [7, 11) is 3.97. The Bertz CT molecular complexity index is 1340. The highest BCUT2D eigenvalue weighted by Gasteiger charge is 2.27. The molecule has 0 saturated carbocycles. The van der Waals surface area contributed by atoms with E-state index in [9.17, 15) is 19.5 Å². The largest absolute Gasteiger partial charge is 0.481 e. The lowest BCUT2D eigenvalue weighted by atomic mass is 9.94. The molecule has 2 aromatic heterocycles. The van der Waals surface area contributed by atoms with Crippen molar-refractivity contribution in [2.75, 3.05) is 20.6 Å². The molecule has 1 aromatic carbocycles. The maximum Gasteiger partial charge on any atom is 0.305 e. The number of aliphatic carboxylic acids is 1. The molecule has 3 rings (SSSR count). The number of hydrogen-bond donors (Lipinski definition) is 2. The van der Waals surface area contributed by atoms with Gasteiger partial charge in [0, 0.05) is 36.8 Å². The fourth-order valence-corrected chi connectivity index (χ4v) is 4.84. The van der Waals surface area contributed by atoms with Crippen LogP contribution < -0.4 is 10.9 Å². The Morgan fingerprint density at radius 1 is 1.08 bits per heavy atom. The van der Waals surface area contributed by atoms with Crippen molar-refractivity contribution in [2.45, 2.75) is 59.0 Å². The summed E-state index contributed by atoms with van der Waals surface area (Å²) in [5.74, 6) is -1.30. The number of carbonyl (C=O) groups is 2. The molecule has 3 aromatic rings. The molecular weight excluding hydrogens is 492 g/mol. The number of aromatic nitrogens is 2. The van der Waals surface area contributed by atoms with Gasteiger partial charge in [-0.3, -0.25) is 19.4 Å². The van der Waals surface area contributed by atoms with E-state index in [1.807, 2.05) is 66.1 Å². The number of hydrogen-bond acceptors (Lipinski definition) is 5. The van der Waals surface area contributed by atoms with Crippen molar-refractivity contribution in [3.63, 3.8) is 0 Å². The monoisotopic (exact) mass is 532 g/mol. The van der Waals surface area contributed by atoms with Gasteiger partial charge in [0.05, 0.1) is 12.5 Å². The van der Waals surface area contributed by atoms with E-state index >= 15 is 0 Å². The van der Waals surface area contributed by atoms with Crippen LogP contribution in [0, 0.1) is 19.8 Å². The minimum atomic E-state index is -1.04. The number of benzene rings is 1. The van der Waals surface area contributed by atoms with E-state index in [2.05, 4.69) is 15.2 Å². The fourth-order valence-electron chi connectivity index (χ4n) is 4.84. The molecule has 0 bridgehead atoms. The summed E-state index contributed by atoms with van der Waals surface area (Å²) < 4.78 is 1.49. The Labute approximate surface area is 230 Å². The predicted octanol–water partition coefficient (Wildman–Crippen LogP) is 4.55. The van der Waals surface area contributed by atoms with Crippen molar-refractivity contribution < 1.29 is 14.7 Å². The average Bonchev–Trinajstić information content (AvgIpc) is 2.86. The fraction of sp³-hybridized carbons (Fsp3) is 0.419. The SMILES string of the molecule is Cc1cccc(C)c1-c1cncc([C@H](CC(=O)O)NC(=O)[C@@H](CC(C)C)n2cc(CCN(C)C)ccc2=O)c1. The second kappa shape index (κ2) is 13.3. The van der Waals surface area contributed by atoms with Crippen molar-refractivity contribution in [3.05, 3.63) is 87.6 Å². The topological polar surface area (TPSA) is 105 Å². The number of carbonyl (C=O) groups excluding carboxylic acids is 1. The number of carboxylic acids is 1. The van der Waals surface area contributed by atoms with E-state index in [0.29, 0.717) is 12.0 Å². The van der Waals surface area contributed by atoms with E-state index < -0.39 is 18.1 Å². The quantitative estimate of drug-likeness (QED) is 0.355. The van der Waals surface area contributed by atoms with E-state index in [4.69, 9.17) is 0 Å². The molecule has 0 aliphatic heterocycles. The lowest BCUT2D eigenvalue weighted by molar-refractivity contribution is -0.138. The molecule has 39 heavy (non-hydrogen) atoms. The molecule has 0 radical (unpaired) electrons. The minimum absolute atomic E-state index is 0.130. The molecule has 8 heteroatoms. The Morgan fingerprint density at radius 2 is 1.77 bits per heavy atom. The van der Waals surface area contributed by atoms with Crippen LogP contribution in [0.1, 0.15) is 61.0 Å². The molecule has 0 spiro atoms. The van der Waals surface area contributed by atoms with Crippen LogP contribution in [0.15, 0.2) is 59.8 Å². The minimum Gasteiger partial charge on any atom is -0.481 e. The van der Waals surface area contributed by atoms with E-state index in [-0.39, 0.29) is 23.8 Å². The van der Waals surface area contributed by atoms with Gasteiger partial charge in [0.25, 0.3) is 5.56 Å². The molecule has 0 fully saturated rings. The van der Waals surface area contributed by atoms with Gasteiger partial charge in [-0.05, 0) is 80.6 Å². The summed E-state index contributed by atoms with van der Waals surface area (Å²) >= 11 is 0. The first kappa shape index (κ1) is 29.8. The van der Waals surface area contributed by atoms with Crippen LogP contribution in [0.4, 0.5) is 0 Å². The van der Waals surface area contributed by atoms with Crippen LogP contribution >= 0.6 is 0 Å². The zero-order valence-corrected chi connectivity index (χ0v) is 23.8. The van der Waals surface area contributed by atoms with Crippen LogP contribution in [0.3, 0.4) is 0 Å². The number of aryl methyl sites for hydroxylation is 2. The number of likely N-dealkylation sites (N-methyl/N-ethyl adjacent to an activating group) is 1. The normalized spacial score (nSPS) is 12.9. The summed E-state index contributed by atoms with van der Waals surface area (Å²) in [5, 5.41) is 12.6. The lowest BCUT2D eigenvalue weighted by Gasteiger charge is -2.25. The summed E-state index contributed by atoms with van der Waals surface area (Å²) in [4.78, 5) is 44.9. The van der Waals surface area contributed by atoms with Gasteiger partial charge in [-0.1, -0.05) is 38.1 Å². The van der Waals surface area contributed by atoms with E-state index in [1.165, 1.54) is 10.6 Å². The Kier molecular flexibility index (Phi) is 10.2. The number of carboxylic acid groups (broad SMARTS) is 1. The van der Waals surface area contributed by atoms with Crippen LogP contribution in [-0.2, 0) is 16.0 Å². The molecule has 208 valence electrons. The highest BCUT2D eigenvalue weighted by Crippen LogP contribution is 2.29. The maximum atomic E-state index is 13.7. The maximum absolute atomic E-state index is 13.7. The van der Waals surface area contributed by atoms with Crippen LogP contribution in [0.5, 0.6) is 0 Å². The summed E-state index contributed by atoms with van der Waals surface area (Å²) in [5.41, 5.74) is 5.34. The molecule has 2 N–H and O–H groups in total. The van der Waals surface area contributed by atoms with Crippen molar-refractivity contribution in [2.24, 2.45) is 5.92 Å². The van der Waals surface area contributed by atoms with Crippen molar-refractivity contribution in [3.8, 4) is 11.1 Å². The average molecular weight is 533 g/mol. The van der Waals surface area contributed by atoms with Crippen LogP contribution in [0.2, 0.25) is 0 Å². The number of rotatable bonds is 12. The third kappa shape index (κ3) is 8.10. The van der Waals surface area contributed by atoms with Crippen molar-refractivity contribution in [1.29, 1.82) is 0 Å². The molecule has 1 amide bonds. The standard InChI is InChI=1S/C31H40N4O4/c1-20(2)14-27(35-19-23(10-11-28(35)36)12-13-34(5)6)31(39)33-26(16-29(37)38)24-15-25(18-32-17-24)30-21(3)8-7-9-22(30)4/h7-11,15,17-20,26-27H,12-14,16H2,1-6H3,(H,33,39)(H,37,38)/t26-,27+/m0/s1. The molecule has 0 aliphatic rings. The van der Waals surface area contributed by atoms with E-state index in [1.54, 1.807) is 24.7 Å². The number of nitrogens with one attached hydrogen (secondary N) is 1. The summed E-state index contributed by atoms with van der Waals surface area (Å²) in [6, 6.07) is 9.63. The Morgan fingerprint density at radius 3 is 2.38 bits per heavy atom. The van der Waals surface area contributed by atoms with Gasteiger partial charge in [0.15, 0.2) is 0 Å². The predicted molar refractivity (Wildman–Crippen MR) is 154 cm³/mol. The first-order chi connectivity index (χ1) is 18.5. The van der Waals surface area contributed by atoms with Crippen molar-refractivity contribution >= 4 is 11.9 Å². The Hall–Kier alpha value is -3.78. The number of nitrogens with zero attached hydrogens (tertiary/aromatic N) is 3.